The van der Waals surface area contributed by atoms with Crippen LogP contribution in [0.1, 0.15) is 6.42 Å². The highest BCUT2D eigenvalue weighted by Crippen LogP contribution is 2.11. The van der Waals surface area contributed by atoms with Crippen molar-refractivity contribution < 1.29 is 14.3 Å². The Bertz CT molecular complexity index is 377. The lowest BCUT2D eigenvalue weighted by Crippen LogP contribution is -2.37. The Morgan fingerprint density at radius 2 is 2.26 bits per heavy atom. The molecule has 0 aliphatic carbocycles. The number of hydrogen-bond acceptors (Lipinski definition) is 5. The molecule has 6 nitrogen and oxygen atoms in total. The molecular weight excluding hydrogens is 246 g/mol. The van der Waals surface area contributed by atoms with Crippen LogP contribution in [0.5, 0.6) is 5.88 Å². The first-order valence-corrected chi connectivity index (χ1v) is 6.47. The number of morpholine rings is 1. The number of nitrogens with one attached hydrogen (secondary N) is 1. The van der Waals surface area contributed by atoms with Crippen LogP contribution in [0.4, 0.5) is 5.69 Å². The van der Waals surface area contributed by atoms with Crippen molar-refractivity contribution in [1.29, 1.82) is 0 Å². The number of pyridine rings is 1. The van der Waals surface area contributed by atoms with Gasteiger partial charge in [0.15, 0.2) is 0 Å². The Hall–Kier alpha value is -1.66. The molecule has 0 radical (unpaired) electrons. The van der Waals surface area contributed by atoms with E-state index in [9.17, 15) is 4.79 Å². The molecule has 2 heterocycles. The number of rotatable bonds is 7. The maximum absolute atomic E-state index is 10.2. The number of hydrogen-bond donors (Lipinski definition) is 1. The predicted molar refractivity (Wildman–Crippen MR) is 71.3 cm³/mol. The molecule has 1 fully saturated rings. The van der Waals surface area contributed by atoms with Gasteiger partial charge in [-0.3, -0.25) is 9.69 Å². The summed E-state index contributed by atoms with van der Waals surface area (Å²) in [5.74, 6) is 0.582. The van der Waals surface area contributed by atoms with Gasteiger partial charge in [0.25, 0.3) is 0 Å². The van der Waals surface area contributed by atoms with E-state index in [0.717, 1.165) is 39.3 Å². The van der Waals surface area contributed by atoms with Crippen LogP contribution in [-0.4, -0.2) is 55.7 Å². The van der Waals surface area contributed by atoms with Crippen molar-refractivity contribution in [3.8, 4) is 5.88 Å². The fourth-order valence-electron chi connectivity index (χ4n) is 1.91. The van der Waals surface area contributed by atoms with Gasteiger partial charge in [-0.25, -0.2) is 4.98 Å². The van der Waals surface area contributed by atoms with Gasteiger partial charge in [0.2, 0.25) is 12.3 Å². The lowest BCUT2D eigenvalue weighted by atomic mass is 10.3. The summed E-state index contributed by atoms with van der Waals surface area (Å²) in [6, 6.07) is 3.51. The van der Waals surface area contributed by atoms with Gasteiger partial charge >= 0.3 is 0 Å². The van der Waals surface area contributed by atoms with Crippen molar-refractivity contribution in [2.24, 2.45) is 0 Å². The third kappa shape index (κ3) is 4.84. The Balaban J connectivity index is 1.63. The molecule has 104 valence electrons. The van der Waals surface area contributed by atoms with Crippen LogP contribution < -0.4 is 10.1 Å². The summed E-state index contributed by atoms with van der Waals surface area (Å²) in [5, 5.41) is 2.53. The van der Waals surface area contributed by atoms with Crippen LogP contribution in [0.2, 0.25) is 0 Å². The van der Waals surface area contributed by atoms with Crippen molar-refractivity contribution in [2.75, 3.05) is 44.8 Å². The van der Waals surface area contributed by atoms with Gasteiger partial charge < -0.3 is 14.8 Å². The van der Waals surface area contributed by atoms with Gasteiger partial charge in [-0.1, -0.05) is 0 Å². The second-order valence-corrected chi connectivity index (χ2v) is 4.30. The second kappa shape index (κ2) is 7.70. The molecule has 1 aliphatic heterocycles. The lowest BCUT2D eigenvalue weighted by Gasteiger charge is -2.26. The minimum atomic E-state index is 0.582. The Morgan fingerprint density at radius 1 is 1.42 bits per heavy atom. The first-order chi connectivity index (χ1) is 9.38. The van der Waals surface area contributed by atoms with E-state index in [1.165, 1.54) is 0 Å². The van der Waals surface area contributed by atoms with Crippen LogP contribution in [-0.2, 0) is 9.53 Å². The number of ether oxygens (including phenoxy) is 2. The van der Waals surface area contributed by atoms with Crippen molar-refractivity contribution in [2.45, 2.75) is 6.42 Å². The zero-order chi connectivity index (χ0) is 13.3. The molecule has 19 heavy (non-hydrogen) atoms. The summed E-state index contributed by atoms with van der Waals surface area (Å²) >= 11 is 0. The topological polar surface area (TPSA) is 63.7 Å². The smallest absolute Gasteiger partial charge is 0.213 e. The number of aromatic nitrogens is 1. The third-order valence-corrected chi connectivity index (χ3v) is 2.93. The van der Waals surface area contributed by atoms with E-state index in [-0.39, 0.29) is 0 Å². The summed E-state index contributed by atoms with van der Waals surface area (Å²) in [6.45, 7) is 5.33. The Labute approximate surface area is 112 Å². The molecule has 0 unspecified atom stereocenters. The number of amides is 1. The zero-order valence-corrected chi connectivity index (χ0v) is 10.9. The van der Waals surface area contributed by atoms with Gasteiger partial charge in [-0.15, -0.1) is 0 Å². The van der Waals surface area contributed by atoms with Gasteiger partial charge in [-0.05, 0) is 12.5 Å². The van der Waals surface area contributed by atoms with E-state index in [2.05, 4.69) is 15.2 Å². The monoisotopic (exact) mass is 265 g/mol. The summed E-state index contributed by atoms with van der Waals surface area (Å²) in [4.78, 5) is 16.7. The molecule has 0 bridgehead atoms. The van der Waals surface area contributed by atoms with Crippen LogP contribution >= 0.6 is 0 Å². The molecule has 0 aromatic carbocycles. The van der Waals surface area contributed by atoms with Gasteiger partial charge in [0.05, 0.1) is 31.7 Å². The maximum atomic E-state index is 10.2. The van der Waals surface area contributed by atoms with Crippen LogP contribution in [0.15, 0.2) is 18.3 Å². The minimum Gasteiger partial charge on any atom is -0.478 e. The van der Waals surface area contributed by atoms with Crippen molar-refractivity contribution in [3.63, 3.8) is 0 Å². The minimum absolute atomic E-state index is 0.582. The van der Waals surface area contributed by atoms with Gasteiger partial charge in [0.1, 0.15) is 0 Å². The molecule has 1 saturated heterocycles. The highest BCUT2D eigenvalue weighted by atomic mass is 16.5. The average Bonchev–Trinajstić information content (AvgIpc) is 2.47. The summed E-state index contributed by atoms with van der Waals surface area (Å²) in [6.07, 6.45) is 3.17. The third-order valence-electron chi connectivity index (χ3n) is 2.93. The maximum Gasteiger partial charge on any atom is 0.213 e. The summed E-state index contributed by atoms with van der Waals surface area (Å²) in [5.41, 5.74) is 0.663. The number of carbonyl (C=O) groups excluding carboxylic acids is 1. The number of anilines is 1. The molecular formula is C13H19N3O3. The number of carbonyl (C=O) groups is 1. The Kier molecular flexibility index (Phi) is 5.58. The van der Waals surface area contributed by atoms with Crippen LogP contribution in [0.25, 0.3) is 0 Å². The molecule has 0 spiro atoms. The zero-order valence-electron chi connectivity index (χ0n) is 10.9. The van der Waals surface area contributed by atoms with Crippen LogP contribution in [0.3, 0.4) is 0 Å². The molecule has 0 saturated carbocycles. The van der Waals surface area contributed by atoms with Gasteiger partial charge in [-0.2, -0.15) is 0 Å². The molecule has 1 amide bonds. The number of nitrogens with zero attached hydrogens (tertiary/aromatic N) is 2. The molecule has 0 atom stereocenters. The molecule has 1 aliphatic rings. The van der Waals surface area contributed by atoms with E-state index in [1.54, 1.807) is 18.3 Å². The molecule has 1 N–H and O–H groups in total. The second-order valence-electron chi connectivity index (χ2n) is 4.30. The largest absolute Gasteiger partial charge is 0.478 e. The van der Waals surface area contributed by atoms with E-state index < -0.39 is 0 Å². The molecule has 2 rings (SSSR count). The lowest BCUT2D eigenvalue weighted by molar-refractivity contribution is -0.105. The fraction of sp³-hybridized carbons (Fsp3) is 0.538. The highest BCUT2D eigenvalue weighted by Gasteiger charge is 2.09. The van der Waals surface area contributed by atoms with Crippen molar-refractivity contribution in [1.82, 2.24) is 9.88 Å². The predicted octanol–water partition coefficient (Wildman–Crippen LogP) is 0.751. The quantitative estimate of drug-likeness (QED) is 0.582. The van der Waals surface area contributed by atoms with E-state index in [1.807, 2.05) is 0 Å². The van der Waals surface area contributed by atoms with E-state index in [4.69, 9.17) is 9.47 Å². The SMILES string of the molecule is O=CNc1ccc(OCCCN2CCOCC2)nc1. The van der Waals surface area contributed by atoms with E-state index in [0.29, 0.717) is 24.6 Å². The average molecular weight is 265 g/mol. The summed E-state index contributed by atoms with van der Waals surface area (Å²) in [7, 11) is 0. The normalized spacial score (nSPS) is 16.0. The fourth-order valence-corrected chi connectivity index (χ4v) is 1.91. The standard InChI is InChI=1S/C13H19N3O3/c17-11-15-12-2-3-13(14-10-12)19-7-1-4-16-5-8-18-9-6-16/h2-3,10-11H,1,4-9H2,(H,15,17). The van der Waals surface area contributed by atoms with Crippen molar-refractivity contribution >= 4 is 12.1 Å². The molecule has 6 heteroatoms. The van der Waals surface area contributed by atoms with E-state index >= 15 is 0 Å². The first-order valence-electron chi connectivity index (χ1n) is 6.47. The summed E-state index contributed by atoms with van der Waals surface area (Å²) < 4.78 is 10.8. The molecule has 1 aromatic heterocycles. The highest BCUT2D eigenvalue weighted by molar-refractivity contribution is 5.70. The van der Waals surface area contributed by atoms with Gasteiger partial charge in [0, 0.05) is 25.7 Å². The Morgan fingerprint density at radius 3 is 2.95 bits per heavy atom. The van der Waals surface area contributed by atoms with Crippen molar-refractivity contribution in [3.05, 3.63) is 18.3 Å². The van der Waals surface area contributed by atoms with Crippen LogP contribution in [0, 0.1) is 0 Å². The molecule has 1 aromatic rings. The first kappa shape index (κ1) is 13.8.